The van der Waals surface area contributed by atoms with Crippen LogP contribution in [0.4, 0.5) is 0 Å². The molecule has 0 spiro atoms. The fourth-order valence-corrected chi connectivity index (χ4v) is 2.39. The van der Waals surface area contributed by atoms with E-state index in [0.717, 1.165) is 38.9 Å². The number of rotatable bonds is 6. The largest absolute Gasteiger partial charge is 0.396 e. The van der Waals surface area contributed by atoms with Crippen LogP contribution in [0.2, 0.25) is 0 Å². The van der Waals surface area contributed by atoms with E-state index in [-0.39, 0.29) is 6.61 Å². The molecule has 1 aliphatic heterocycles. The van der Waals surface area contributed by atoms with E-state index < -0.39 is 0 Å². The van der Waals surface area contributed by atoms with Gasteiger partial charge >= 0.3 is 0 Å². The van der Waals surface area contributed by atoms with E-state index in [1.807, 2.05) is 0 Å². The minimum Gasteiger partial charge on any atom is -0.396 e. The Kier molecular flexibility index (Phi) is 5.65. The molecule has 0 bridgehead atoms. The van der Waals surface area contributed by atoms with Crippen LogP contribution >= 0.6 is 0 Å². The molecule has 18 heavy (non-hydrogen) atoms. The van der Waals surface area contributed by atoms with Crippen LogP contribution in [0.5, 0.6) is 0 Å². The van der Waals surface area contributed by atoms with Crippen LogP contribution in [0.15, 0.2) is 30.3 Å². The summed E-state index contributed by atoms with van der Waals surface area (Å²) in [5.74, 6) is 0. The van der Waals surface area contributed by atoms with Crippen molar-refractivity contribution >= 4 is 0 Å². The van der Waals surface area contributed by atoms with E-state index >= 15 is 0 Å². The van der Waals surface area contributed by atoms with Crippen LogP contribution in [-0.2, 0) is 11.3 Å². The van der Waals surface area contributed by atoms with Gasteiger partial charge in [0.15, 0.2) is 0 Å². The monoisotopic (exact) mass is 249 g/mol. The Labute approximate surface area is 109 Å². The smallest absolute Gasteiger partial charge is 0.0599 e. The molecule has 1 aliphatic rings. The summed E-state index contributed by atoms with van der Waals surface area (Å²) < 4.78 is 5.74. The van der Waals surface area contributed by atoms with Gasteiger partial charge in [-0.25, -0.2) is 0 Å². The summed E-state index contributed by atoms with van der Waals surface area (Å²) in [5.41, 5.74) is 1.39. The van der Waals surface area contributed by atoms with Crippen molar-refractivity contribution in [3.05, 3.63) is 35.9 Å². The van der Waals surface area contributed by atoms with E-state index in [4.69, 9.17) is 9.84 Å². The van der Waals surface area contributed by atoms with E-state index in [0.29, 0.717) is 12.7 Å². The molecule has 0 unspecified atom stereocenters. The van der Waals surface area contributed by atoms with Crippen molar-refractivity contribution in [2.45, 2.75) is 31.9 Å². The standard InChI is InChI=1S/C15H23NO2/c17-11-4-12-18-15-7-9-16(10-8-15)13-14-5-2-1-3-6-14/h1-3,5-6,15,17H,4,7-13H2. The molecule has 0 amide bonds. The number of hydrogen-bond donors (Lipinski definition) is 1. The van der Waals surface area contributed by atoms with Gasteiger partial charge in [0.05, 0.1) is 6.10 Å². The van der Waals surface area contributed by atoms with Crippen LogP contribution in [0.1, 0.15) is 24.8 Å². The highest BCUT2D eigenvalue weighted by Gasteiger charge is 2.19. The molecule has 1 aromatic rings. The summed E-state index contributed by atoms with van der Waals surface area (Å²) in [6.07, 6.45) is 3.37. The van der Waals surface area contributed by atoms with Gasteiger partial charge < -0.3 is 9.84 Å². The molecule has 1 N–H and O–H groups in total. The van der Waals surface area contributed by atoms with Crippen LogP contribution in [0.3, 0.4) is 0 Å². The number of nitrogens with zero attached hydrogens (tertiary/aromatic N) is 1. The van der Waals surface area contributed by atoms with Crippen molar-refractivity contribution < 1.29 is 9.84 Å². The highest BCUT2D eigenvalue weighted by Crippen LogP contribution is 2.16. The lowest BCUT2D eigenvalue weighted by Gasteiger charge is -2.31. The second-order valence-electron chi connectivity index (χ2n) is 4.91. The Bertz CT molecular complexity index is 321. The Morgan fingerprint density at radius 3 is 2.56 bits per heavy atom. The quantitative estimate of drug-likeness (QED) is 0.783. The molecule has 0 aliphatic carbocycles. The van der Waals surface area contributed by atoms with E-state index in [1.54, 1.807) is 0 Å². The van der Waals surface area contributed by atoms with Gasteiger partial charge in [0.25, 0.3) is 0 Å². The molecule has 0 aromatic heterocycles. The van der Waals surface area contributed by atoms with E-state index in [2.05, 4.69) is 35.2 Å². The molecule has 100 valence electrons. The molecule has 0 atom stereocenters. The predicted molar refractivity (Wildman–Crippen MR) is 72.4 cm³/mol. The molecule has 3 nitrogen and oxygen atoms in total. The van der Waals surface area contributed by atoms with Crippen molar-refractivity contribution in [3.8, 4) is 0 Å². The first-order chi connectivity index (χ1) is 8.88. The third kappa shape index (κ3) is 4.41. The average molecular weight is 249 g/mol. The minimum absolute atomic E-state index is 0.229. The maximum Gasteiger partial charge on any atom is 0.0599 e. The van der Waals surface area contributed by atoms with Crippen molar-refractivity contribution in [2.75, 3.05) is 26.3 Å². The summed E-state index contributed by atoms with van der Waals surface area (Å²) in [6, 6.07) is 10.6. The van der Waals surface area contributed by atoms with Gasteiger partial charge in [-0.3, -0.25) is 4.90 Å². The topological polar surface area (TPSA) is 32.7 Å². The van der Waals surface area contributed by atoms with Gasteiger partial charge in [-0.05, 0) is 24.8 Å². The Morgan fingerprint density at radius 2 is 1.89 bits per heavy atom. The van der Waals surface area contributed by atoms with Crippen molar-refractivity contribution in [1.82, 2.24) is 4.90 Å². The number of hydrogen-bond acceptors (Lipinski definition) is 3. The SMILES string of the molecule is OCCCOC1CCN(Cc2ccccc2)CC1. The lowest BCUT2D eigenvalue weighted by Crippen LogP contribution is -2.36. The fourth-order valence-electron chi connectivity index (χ4n) is 2.39. The summed E-state index contributed by atoms with van der Waals surface area (Å²) in [6.45, 7) is 4.19. The van der Waals surface area contributed by atoms with Crippen molar-refractivity contribution in [3.63, 3.8) is 0 Å². The zero-order valence-electron chi connectivity index (χ0n) is 10.9. The summed E-state index contributed by atoms with van der Waals surface area (Å²) >= 11 is 0. The Hall–Kier alpha value is -0.900. The molecule has 0 saturated carbocycles. The molecule has 1 aromatic carbocycles. The molecule has 1 saturated heterocycles. The summed E-state index contributed by atoms with van der Waals surface area (Å²) in [5, 5.41) is 8.71. The fraction of sp³-hybridized carbons (Fsp3) is 0.600. The molecule has 1 heterocycles. The van der Waals surface area contributed by atoms with Gasteiger partial charge in [-0.1, -0.05) is 30.3 Å². The Morgan fingerprint density at radius 1 is 1.17 bits per heavy atom. The van der Waals surface area contributed by atoms with E-state index in [9.17, 15) is 0 Å². The van der Waals surface area contributed by atoms with Crippen molar-refractivity contribution in [2.24, 2.45) is 0 Å². The number of benzene rings is 1. The van der Waals surface area contributed by atoms with Crippen LogP contribution in [-0.4, -0.2) is 42.4 Å². The van der Waals surface area contributed by atoms with Crippen LogP contribution in [0, 0.1) is 0 Å². The molecule has 2 rings (SSSR count). The highest BCUT2D eigenvalue weighted by molar-refractivity contribution is 5.14. The third-order valence-corrected chi connectivity index (χ3v) is 3.44. The number of ether oxygens (including phenoxy) is 1. The number of aliphatic hydroxyl groups is 1. The molecular weight excluding hydrogens is 226 g/mol. The lowest BCUT2D eigenvalue weighted by atomic mass is 10.1. The van der Waals surface area contributed by atoms with Gasteiger partial charge in [0, 0.05) is 32.8 Å². The average Bonchev–Trinajstić information content (AvgIpc) is 2.42. The number of piperidine rings is 1. The molecular formula is C15H23NO2. The molecule has 0 radical (unpaired) electrons. The Balaban J connectivity index is 1.67. The number of aliphatic hydroxyl groups excluding tert-OH is 1. The van der Waals surface area contributed by atoms with Crippen molar-refractivity contribution in [1.29, 1.82) is 0 Å². The lowest BCUT2D eigenvalue weighted by molar-refractivity contribution is 0.000786. The molecule has 3 heteroatoms. The van der Waals surface area contributed by atoms with Crippen LogP contribution in [0.25, 0.3) is 0 Å². The van der Waals surface area contributed by atoms with E-state index in [1.165, 1.54) is 5.56 Å². The van der Waals surface area contributed by atoms with Gasteiger partial charge in [0.1, 0.15) is 0 Å². The normalized spacial score (nSPS) is 18.1. The first kappa shape index (κ1) is 13.5. The zero-order valence-corrected chi connectivity index (χ0v) is 10.9. The maximum atomic E-state index is 8.71. The predicted octanol–water partition coefficient (Wildman–Crippen LogP) is 2.05. The highest BCUT2D eigenvalue weighted by atomic mass is 16.5. The first-order valence-corrected chi connectivity index (χ1v) is 6.87. The van der Waals surface area contributed by atoms with Gasteiger partial charge in [0.2, 0.25) is 0 Å². The minimum atomic E-state index is 0.229. The van der Waals surface area contributed by atoms with Gasteiger partial charge in [-0.2, -0.15) is 0 Å². The second-order valence-corrected chi connectivity index (χ2v) is 4.91. The second kappa shape index (κ2) is 7.52. The zero-order chi connectivity index (χ0) is 12.6. The van der Waals surface area contributed by atoms with Gasteiger partial charge in [-0.15, -0.1) is 0 Å². The maximum absolute atomic E-state index is 8.71. The number of likely N-dealkylation sites (tertiary alicyclic amines) is 1. The third-order valence-electron chi connectivity index (χ3n) is 3.44. The summed E-state index contributed by atoms with van der Waals surface area (Å²) in [7, 11) is 0. The summed E-state index contributed by atoms with van der Waals surface area (Å²) in [4.78, 5) is 2.49. The first-order valence-electron chi connectivity index (χ1n) is 6.87. The van der Waals surface area contributed by atoms with Crippen LogP contribution < -0.4 is 0 Å². The molecule has 1 fully saturated rings.